The SMILES string of the molecule is CCn1nccc1C(N)c1nc(-c2ccc(F)cc2)c(C#N)s1. The van der Waals surface area contributed by atoms with Gasteiger partial charge in [0.25, 0.3) is 0 Å². The molecule has 0 radical (unpaired) electrons. The molecule has 2 aromatic heterocycles. The molecule has 0 spiro atoms. The number of hydrogen-bond acceptors (Lipinski definition) is 5. The maximum atomic E-state index is 13.1. The number of thiazole rings is 1. The lowest BCUT2D eigenvalue weighted by Crippen LogP contribution is -2.16. The summed E-state index contributed by atoms with van der Waals surface area (Å²) in [4.78, 5) is 4.98. The number of benzene rings is 1. The van der Waals surface area contributed by atoms with Crippen LogP contribution in [0.5, 0.6) is 0 Å². The first kappa shape index (κ1) is 15.3. The lowest BCUT2D eigenvalue weighted by Gasteiger charge is -2.10. The fourth-order valence-corrected chi connectivity index (χ4v) is 3.25. The van der Waals surface area contributed by atoms with Gasteiger partial charge in [-0.15, -0.1) is 11.3 Å². The predicted octanol–water partition coefficient (Wildman–Crippen LogP) is 3.09. The monoisotopic (exact) mass is 327 g/mol. The molecule has 0 aliphatic rings. The second-order valence-corrected chi connectivity index (χ2v) is 5.93. The van der Waals surface area contributed by atoms with Crippen LogP contribution >= 0.6 is 11.3 Å². The Hall–Kier alpha value is -2.56. The Kier molecular flexibility index (Phi) is 4.19. The van der Waals surface area contributed by atoms with E-state index in [0.717, 1.165) is 5.69 Å². The number of halogens is 1. The van der Waals surface area contributed by atoms with Crippen LogP contribution in [-0.2, 0) is 6.54 Å². The van der Waals surface area contributed by atoms with Gasteiger partial charge in [0.1, 0.15) is 21.8 Å². The maximum absolute atomic E-state index is 13.1. The molecule has 0 saturated heterocycles. The summed E-state index contributed by atoms with van der Waals surface area (Å²) in [6.45, 7) is 2.69. The average molecular weight is 327 g/mol. The molecule has 7 heteroatoms. The number of hydrogen-bond donors (Lipinski definition) is 1. The number of aromatic nitrogens is 3. The van der Waals surface area contributed by atoms with Gasteiger partial charge in [-0.25, -0.2) is 9.37 Å². The van der Waals surface area contributed by atoms with Gasteiger partial charge in [-0.1, -0.05) is 0 Å². The Balaban J connectivity index is 2.02. The van der Waals surface area contributed by atoms with E-state index >= 15 is 0 Å². The first-order valence-electron chi connectivity index (χ1n) is 7.08. The van der Waals surface area contributed by atoms with Crippen LogP contribution in [0, 0.1) is 17.1 Å². The third-order valence-electron chi connectivity index (χ3n) is 3.50. The molecule has 2 heterocycles. The highest BCUT2D eigenvalue weighted by molar-refractivity contribution is 7.12. The number of nitrogens with zero attached hydrogens (tertiary/aromatic N) is 4. The number of rotatable bonds is 4. The molecule has 1 atom stereocenters. The van der Waals surface area contributed by atoms with Gasteiger partial charge in [0, 0.05) is 18.3 Å². The topological polar surface area (TPSA) is 80.5 Å². The van der Waals surface area contributed by atoms with Gasteiger partial charge in [-0.05, 0) is 37.3 Å². The van der Waals surface area contributed by atoms with E-state index in [-0.39, 0.29) is 5.82 Å². The van der Waals surface area contributed by atoms with Gasteiger partial charge < -0.3 is 5.73 Å². The minimum Gasteiger partial charge on any atom is -0.317 e. The highest BCUT2D eigenvalue weighted by atomic mass is 32.1. The van der Waals surface area contributed by atoms with E-state index in [2.05, 4.69) is 16.2 Å². The number of nitrogens with two attached hydrogens (primary N) is 1. The third-order valence-corrected chi connectivity index (χ3v) is 4.54. The van der Waals surface area contributed by atoms with E-state index in [9.17, 15) is 9.65 Å². The molecule has 1 aromatic carbocycles. The van der Waals surface area contributed by atoms with Gasteiger partial charge in [0.05, 0.1) is 17.4 Å². The second-order valence-electron chi connectivity index (χ2n) is 4.90. The van der Waals surface area contributed by atoms with Gasteiger partial charge >= 0.3 is 0 Å². The lowest BCUT2D eigenvalue weighted by atomic mass is 10.1. The predicted molar refractivity (Wildman–Crippen MR) is 86.2 cm³/mol. The molecule has 1 unspecified atom stereocenters. The zero-order valence-electron chi connectivity index (χ0n) is 12.4. The number of aryl methyl sites for hydroxylation is 1. The van der Waals surface area contributed by atoms with Crippen LogP contribution in [0.4, 0.5) is 4.39 Å². The van der Waals surface area contributed by atoms with Crippen LogP contribution in [0.2, 0.25) is 0 Å². The second kappa shape index (κ2) is 6.28. The van der Waals surface area contributed by atoms with Crippen molar-refractivity contribution in [2.45, 2.75) is 19.5 Å². The molecule has 23 heavy (non-hydrogen) atoms. The summed E-state index contributed by atoms with van der Waals surface area (Å²) in [6.07, 6.45) is 1.69. The van der Waals surface area contributed by atoms with Crippen molar-refractivity contribution in [3.8, 4) is 17.3 Å². The number of nitriles is 1. The van der Waals surface area contributed by atoms with Crippen LogP contribution in [0.15, 0.2) is 36.5 Å². The van der Waals surface area contributed by atoms with Crippen molar-refractivity contribution in [2.24, 2.45) is 5.73 Å². The van der Waals surface area contributed by atoms with Crippen molar-refractivity contribution in [1.82, 2.24) is 14.8 Å². The molecule has 0 saturated carbocycles. The molecule has 0 fully saturated rings. The van der Waals surface area contributed by atoms with Gasteiger partial charge in [-0.2, -0.15) is 10.4 Å². The van der Waals surface area contributed by atoms with Crippen molar-refractivity contribution in [3.05, 3.63) is 57.9 Å². The van der Waals surface area contributed by atoms with E-state index in [4.69, 9.17) is 5.73 Å². The van der Waals surface area contributed by atoms with Crippen LogP contribution in [0.3, 0.4) is 0 Å². The molecule has 0 aliphatic carbocycles. The van der Waals surface area contributed by atoms with Crippen LogP contribution < -0.4 is 5.73 Å². The molecule has 0 amide bonds. The van der Waals surface area contributed by atoms with E-state index in [1.165, 1.54) is 23.5 Å². The van der Waals surface area contributed by atoms with Crippen molar-refractivity contribution in [2.75, 3.05) is 0 Å². The van der Waals surface area contributed by atoms with Crippen molar-refractivity contribution in [3.63, 3.8) is 0 Å². The Morgan fingerprint density at radius 2 is 2.09 bits per heavy atom. The van der Waals surface area contributed by atoms with E-state index in [0.29, 0.717) is 27.7 Å². The molecule has 0 aliphatic heterocycles. The normalized spacial score (nSPS) is 12.1. The first-order valence-corrected chi connectivity index (χ1v) is 7.89. The average Bonchev–Trinajstić information content (AvgIpc) is 3.21. The molecule has 3 aromatic rings. The molecule has 116 valence electrons. The van der Waals surface area contributed by atoms with Crippen LogP contribution in [0.1, 0.15) is 28.5 Å². The van der Waals surface area contributed by atoms with Gasteiger partial charge in [-0.3, -0.25) is 4.68 Å². The summed E-state index contributed by atoms with van der Waals surface area (Å²) in [7, 11) is 0. The highest BCUT2D eigenvalue weighted by Crippen LogP contribution is 2.32. The first-order chi connectivity index (χ1) is 11.1. The molecule has 5 nitrogen and oxygen atoms in total. The summed E-state index contributed by atoms with van der Waals surface area (Å²) in [5, 5.41) is 14.2. The van der Waals surface area contributed by atoms with E-state index < -0.39 is 6.04 Å². The molecule has 2 N–H and O–H groups in total. The largest absolute Gasteiger partial charge is 0.317 e. The fraction of sp³-hybridized carbons (Fsp3) is 0.188. The van der Waals surface area contributed by atoms with Crippen LogP contribution in [-0.4, -0.2) is 14.8 Å². The molecule has 3 rings (SSSR count). The van der Waals surface area contributed by atoms with E-state index in [1.54, 1.807) is 23.0 Å². The summed E-state index contributed by atoms with van der Waals surface area (Å²) in [5.41, 5.74) is 8.37. The zero-order valence-corrected chi connectivity index (χ0v) is 13.2. The molecule has 0 bridgehead atoms. The Morgan fingerprint density at radius 1 is 1.35 bits per heavy atom. The quantitative estimate of drug-likeness (QED) is 0.798. The minimum atomic E-state index is -0.455. The maximum Gasteiger partial charge on any atom is 0.132 e. The Labute approximate surface area is 136 Å². The highest BCUT2D eigenvalue weighted by Gasteiger charge is 2.21. The Bertz CT molecular complexity index is 859. The summed E-state index contributed by atoms with van der Waals surface area (Å²) < 4.78 is 14.9. The van der Waals surface area contributed by atoms with Crippen molar-refractivity contribution >= 4 is 11.3 Å². The summed E-state index contributed by atoms with van der Waals surface area (Å²) >= 11 is 1.25. The van der Waals surface area contributed by atoms with Gasteiger partial charge in [0.2, 0.25) is 0 Å². The lowest BCUT2D eigenvalue weighted by molar-refractivity contribution is 0.600. The van der Waals surface area contributed by atoms with Crippen molar-refractivity contribution < 1.29 is 4.39 Å². The fourth-order valence-electron chi connectivity index (χ4n) is 2.35. The zero-order chi connectivity index (χ0) is 16.4. The standard InChI is InChI=1S/C16H14FN5S/c1-2-22-12(7-8-20-22)14(19)16-21-15(13(9-18)23-16)10-3-5-11(17)6-4-10/h3-8,14H,2,19H2,1H3. The van der Waals surface area contributed by atoms with Gasteiger partial charge in [0.15, 0.2) is 0 Å². The third kappa shape index (κ3) is 2.86. The summed E-state index contributed by atoms with van der Waals surface area (Å²) in [5.74, 6) is -0.328. The Morgan fingerprint density at radius 3 is 2.74 bits per heavy atom. The smallest absolute Gasteiger partial charge is 0.132 e. The minimum absolute atomic E-state index is 0.328. The molecular weight excluding hydrogens is 313 g/mol. The summed E-state index contributed by atoms with van der Waals surface area (Å²) in [6, 6.07) is 9.45. The van der Waals surface area contributed by atoms with Crippen molar-refractivity contribution in [1.29, 1.82) is 5.26 Å². The van der Waals surface area contributed by atoms with E-state index in [1.807, 2.05) is 13.0 Å². The molecular formula is C16H14FN5S. The van der Waals surface area contributed by atoms with Crippen LogP contribution in [0.25, 0.3) is 11.3 Å².